The van der Waals surface area contributed by atoms with Crippen molar-refractivity contribution in [2.45, 2.75) is 46.7 Å². The van der Waals surface area contributed by atoms with E-state index in [1.165, 1.54) is 36.3 Å². The minimum Gasteiger partial charge on any atom is -0.349 e. The summed E-state index contributed by atoms with van der Waals surface area (Å²) >= 11 is 0. The summed E-state index contributed by atoms with van der Waals surface area (Å²) in [5, 5.41) is 3.55. The van der Waals surface area contributed by atoms with Crippen molar-refractivity contribution in [2.75, 3.05) is 27.2 Å². The molecule has 1 heterocycles. The Balaban J connectivity index is 2.27. The van der Waals surface area contributed by atoms with Crippen molar-refractivity contribution >= 4 is 0 Å². The van der Waals surface area contributed by atoms with Crippen LogP contribution in [0.2, 0.25) is 0 Å². The largest absolute Gasteiger partial charge is 0.349 e. The van der Waals surface area contributed by atoms with E-state index in [1.807, 2.05) is 0 Å². The lowest BCUT2D eigenvalue weighted by molar-refractivity contribution is 0.391. The van der Waals surface area contributed by atoms with E-state index in [0.717, 1.165) is 19.6 Å². The second kappa shape index (κ2) is 7.59. The van der Waals surface area contributed by atoms with Crippen molar-refractivity contribution < 1.29 is 0 Å². The Hall–Kier alpha value is -0.800. The highest BCUT2D eigenvalue weighted by Crippen LogP contribution is 2.14. The molecule has 18 heavy (non-hydrogen) atoms. The van der Waals surface area contributed by atoms with Gasteiger partial charge in [0.15, 0.2) is 0 Å². The van der Waals surface area contributed by atoms with E-state index >= 15 is 0 Å². The van der Waals surface area contributed by atoms with Crippen molar-refractivity contribution in [3.05, 3.63) is 23.0 Å². The molecule has 0 bridgehead atoms. The Labute approximate surface area is 112 Å². The van der Waals surface area contributed by atoms with E-state index in [2.05, 4.69) is 55.7 Å². The predicted octanol–water partition coefficient (Wildman–Crippen LogP) is 2.56. The van der Waals surface area contributed by atoms with Gasteiger partial charge in [0, 0.05) is 24.5 Å². The first-order valence-electron chi connectivity index (χ1n) is 7.07. The van der Waals surface area contributed by atoms with Crippen LogP contribution in [0, 0.1) is 13.8 Å². The Morgan fingerprint density at radius 3 is 2.50 bits per heavy atom. The smallest absolute Gasteiger partial charge is 0.0223 e. The summed E-state index contributed by atoms with van der Waals surface area (Å²) < 4.78 is 2.38. The fourth-order valence-corrected chi connectivity index (χ4v) is 2.44. The first-order chi connectivity index (χ1) is 8.56. The molecule has 104 valence electrons. The molecule has 0 aromatic carbocycles. The monoisotopic (exact) mass is 251 g/mol. The quantitative estimate of drug-likeness (QED) is 0.717. The predicted molar refractivity (Wildman–Crippen MR) is 79.1 cm³/mol. The van der Waals surface area contributed by atoms with E-state index in [-0.39, 0.29) is 0 Å². The zero-order chi connectivity index (χ0) is 13.5. The third-order valence-corrected chi connectivity index (χ3v) is 3.52. The van der Waals surface area contributed by atoms with Gasteiger partial charge in [-0.3, -0.25) is 0 Å². The first-order valence-corrected chi connectivity index (χ1v) is 7.07. The number of hydrogen-bond donors (Lipinski definition) is 1. The van der Waals surface area contributed by atoms with Crippen molar-refractivity contribution in [3.63, 3.8) is 0 Å². The van der Waals surface area contributed by atoms with Crippen molar-refractivity contribution in [3.8, 4) is 0 Å². The van der Waals surface area contributed by atoms with E-state index in [0.29, 0.717) is 0 Å². The number of nitrogens with one attached hydrogen (secondary N) is 1. The summed E-state index contributed by atoms with van der Waals surface area (Å²) in [4.78, 5) is 2.24. The number of aromatic nitrogens is 1. The molecule has 0 saturated heterocycles. The summed E-state index contributed by atoms with van der Waals surface area (Å²) in [7, 11) is 4.26. The van der Waals surface area contributed by atoms with Gasteiger partial charge in [-0.2, -0.15) is 0 Å². The lowest BCUT2D eigenvalue weighted by Crippen LogP contribution is -2.18. The van der Waals surface area contributed by atoms with Crippen LogP contribution in [0.25, 0.3) is 0 Å². The molecule has 1 aromatic heterocycles. The van der Waals surface area contributed by atoms with Crippen molar-refractivity contribution in [1.29, 1.82) is 0 Å². The molecule has 0 aliphatic carbocycles. The van der Waals surface area contributed by atoms with Crippen LogP contribution < -0.4 is 5.32 Å². The van der Waals surface area contributed by atoms with Gasteiger partial charge in [-0.05, 0) is 72.4 Å². The molecule has 0 amide bonds. The summed E-state index contributed by atoms with van der Waals surface area (Å²) in [5.74, 6) is 0. The van der Waals surface area contributed by atoms with E-state index in [4.69, 9.17) is 0 Å². The summed E-state index contributed by atoms with van der Waals surface area (Å²) in [6.45, 7) is 11.0. The van der Waals surface area contributed by atoms with Crippen molar-refractivity contribution in [1.82, 2.24) is 14.8 Å². The number of unbranched alkanes of at least 4 members (excludes halogenated alkanes) is 1. The van der Waals surface area contributed by atoms with Gasteiger partial charge < -0.3 is 14.8 Å². The van der Waals surface area contributed by atoms with E-state index in [1.54, 1.807) is 0 Å². The van der Waals surface area contributed by atoms with E-state index in [9.17, 15) is 0 Å². The zero-order valence-electron chi connectivity index (χ0n) is 12.7. The molecule has 0 unspecified atom stereocenters. The van der Waals surface area contributed by atoms with Gasteiger partial charge in [-0.1, -0.05) is 0 Å². The highest BCUT2D eigenvalue weighted by molar-refractivity contribution is 5.26. The van der Waals surface area contributed by atoms with Crippen LogP contribution in [0.4, 0.5) is 0 Å². The van der Waals surface area contributed by atoms with Crippen LogP contribution in [0.15, 0.2) is 6.07 Å². The number of hydrogen-bond acceptors (Lipinski definition) is 2. The van der Waals surface area contributed by atoms with Gasteiger partial charge in [0.05, 0.1) is 0 Å². The van der Waals surface area contributed by atoms with Crippen LogP contribution in [0.5, 0.6) is 0 Å². The van der Waals surface area contributed by atoms with Crippen LogP contribution >= 0.6 is 0 Å². The normalized spacial score (nSPS) is 11.4. The van der Waals surface area contributed by atoms with Gasteiger partial charge in [0.2, 0.25) is 0 Å². The Bertz CT molecular complexity index is 353. The molecular weight excluding hydrogens is 222 g/mol. The minimum absolute atomic E-state index is 1.00. The topological polar surface area (TPSA) is 20.2 Å². The van der Waals surface area contributed by atoms with Gasteiger partial charge in [-0.25, -0.2) is 0 Å². The molecule has 0 spiro atoms. The Morgan fingerprint density at radius 1 is 1.22 bits per heavy atom. The highest BCUT2D eigenvalue weighted by Gasteiger charge is 2.06. The fourth-order valence-electron chi connectivity index (χ4n) is 2.44. The number of aryl methyl sites for hydroxylation is 1. The molecule has 0 aliphatic heterocycles. The van der Waals surface area contributed by atoms with Gasteiger partial charge in [0.1, 0.15) is 0 Å². The van der Waals surface area contributed by atoms with Crippen LogP contribution in [0.3, 0.4) is 0 Å². The Kier molecular flexibility index (Phi) is 6.44. The van der Waals surface area contributed by atoms with Crippen LogP contribution in [-0.2, 0) is 13.1 Å². The van der Waals surface area contributed by atoms with Crippen LogP contribution in [0.1, 0.15) is 36.7 Å². The fraction of sp³-hybridized carbons (Fsp3) is 0.733. The molecule has 1 rings (SSSR count). The van der Waals surface area contributed by atoms with Crippen molar-refractivity contribution in [2.24, 2.45) is 0 Å². The molecule has 3 nitrogen and oxygen atoms in total. The lowest BCUT2D eigenvalue weighted by Gasteiger charge is -2.09. The molecule has 0 fully saturated rings. The van der Waals surface area contributed by atoms with Crippen LogP contribution in [-0.4, -0.2) is 36.7 Å². The van der Waals surface area contributed by atoms with E-state index < -0.39 is 0 Å². The van der Waals surface area contributed by atoms with Gasteiger partial charge in [-0.15, -0.1) is 0 Å². The molecule has 0 saturated carbocycles. The number of rotatable bonds is 8. The number of nitrogens with zero attached hydrogens (tertiary/aromatic N) is 2. The SMILES string of the molecule is CCn1c(C)cc(CNCCCCN(C)C)c1C. The zero-order valence-corrected chi connectivity index (χ0v) is 12.7. The molecule has 1 aromatic rings. The summed E-state index contributed by atoms with van der Waals surface area (Å²) in [6.07, 6.45) is 2.53. The van der Waals surface area contributed by atoms with Gasteiger partial charge in [0.25, 0.3) is 0 Å². The molecule has 0 radical (unpaired) electrons. The third kappa shape index (κ3) is 4.46. The lowest BCUT2D eigenvalue weighted by atomic mass is 10.2. The maximum absolute atomic E-state index is 3.55. The highest BCUT2D eigenvalue weighted by atomic mass is 15.0. The Morgan fingerprint density at radius 2 is 1.94 bits per heavy atom. The minimum atomic E-state index is 1.00. The average molecular weight is 251 g/mol. The summed E-state index contributed by atoms with van der Waals surface area (Å²) in [6, 6.07) is 2.31. The first kappa shape index (κ1) is 15.3. The van der Waals surface area contributed by atoms with Gasteiger partial charge >= 0.3 is 0 Å². The maximum Gasteiger partial charge on any atom is 0.0223 e. The second-order valence-electron chi connectivity index (χ2n) is 5.33. The molecule has 0 aliphatic rings. The average Bonchev–Trinajstić information content (AvgIpc) is 2.58. The maximum atomic E-state index is 3.55. The molecule has 3 heteroatoms. The third-order valence-electron chi connectivity index (χ3n) is 3.52. The standard InChI is InChI=1S/C15H29N3/c1-6-18-13(2)11-15(14(18)3)12-16-9-7-8-10-17(4)5/h11,16H,6-10,12H2,1-5H3. The second-order valence-corrected chi connectivity index (χ2v) is 5.33. The molecular formula is C15H29N3. The summed E-state index contributed by atoms with van der Waals surface area (Å²) in [5.41, 5.74) is 4.23. The molecule has 1 N–H and O–H groups in total. The molecule has 0 atom stereocenters.